The summed E-state index contributed by atoms with van der Waals surface area (Å²) in [6.07, 6.45) is 0.728. The van der Waals surface area contributed by atoms with Crippen molar-refractivity contribution >= 4 is 29.0 Å². The smallest absolute Gasteiger partial charge is 0.283 e. The van der Waals surface area contributed by atoms with Gasteiger partial charge in [0.25, 0.3) is 11.6 Å². The Balaban J connectivity index is 1.67. The first-order valence-corrected chi connectivity index (χ1v) is 9.45. The van der Waals surface area contributed by atoms with Crippen LogP contribution in [0.5, 0.6) is 0 Å². The molecule has 0 aliphatic rings. The first kappa shape index (κ1) is 21.7. The van der Waals surface area contributed by atoms with E-state index in [1.165, 1.54) is 41.1 Å². The van der Waals surface area contributed by atoms with E-state index < -0.39 is 16.6 Å². The van der Waals surface area contributed by atoms with Crippen LogP contribution in [0.1, 0.15) is 28.0 Å². The van der Waals surface area contributed by atoms with Crippen LogP contribution in [-0.2, 0) is 6.42 Å². The summed E-state index contributed by atoms with van der Waals surface area (Å²) in [5.41, 5.74) is 6.65. The maximum atomic E-state index is 13.1. The van der Waals surface area contributed by atoms with Gasteiger partial charge in [-0.05, 0) is 49.2 Å². The van der Waals surface area contributed by atoms with Crippen molar-refractivity contribution in [3.05, 3.63) is 80.2 Å². The molecular weight excluding hydrogens is 427 g/mol. The third-order valence-corrected chi connectivity index (χ3v) is 4.69. The van der Waals surface area contributed by atoms with Crippen molar-refractivity contribution in [1.29, 1.82) is 5.26 Å². The number of nitriles is 1. The standard InChI is InChI=1S/C20H16ClFN6O3/c21-12-3-8-15(18(10-12)28(30)31)20(29)25-9-1-2-17-16(11-23)19(24)27(26-17)14-6-4-13(22)5-7-14/h3-8,10H,1-2,9,24H2,(H,25,29). The highest BCUT2D eigenvalue weighted by Gasteiger charge is 2.21. The lowest BCUT2D eigenvalue weighted by Gasteiger charge is -2.06. The van der Waals surface area contributed by atoms with Gasteiger partial charge in [-0.15, -0.1) is 0 Å². The Morgan fingerprint density at radius 2 is 2.03 bits per heavy atom. The molecule has 9 nitrogen and oxygen atoms in total. The molecule has 0 radical (unpaired) electrons. The molecule has 0 aliphatic heterocycles. The first-order chi connectivity index (χ1) is 14.8. The van der Waals surface area contributed by atoms with E-state index in [1.54, 1.807) is 0 Å². The lowest BCUT2D eigenvalue weighted by molar-refractivity contribution is -0.385. The van der Waals surface area contributed by atoms with E-state index >= 15 is 0 Å². The molecule has 158 valence electrons. The zero-order valence-electron chi connectivity index (χ0n) is 16.0. The largest absolute Gasteiger partial charge is 0.382 e. The van der Waals surface area contributed by atoms with Gasteiger partial charge in [0, 0.05) is 17.6 Å². The van der Waals surface area contributed by atoms with Gasteiger partial charge in [-0.1, -0.05) is 11.6 Å². The fraction of sp³-hybridized carbons (Fsp3) is 0.150. The highest BCUT2D eigenvalue weighted by molar-refractivity contribution is 6.31. The number of carbonyl (C=O) groups is 1. The van der Waals surface area contributed by atoms with Crippen molar-refractivity contribution in [1.82, 2.24) is 15.1 Å². The Morgan fingerprint density at radius 1 is 1.32 bits per heavy atom. The maximum absolute atomic E-state index is 13.1. The van der Waals surface area contributed by atoms with Gasteiger partial charge in [-0.25, -0.2) is 9.07 Å². The highest BCUT2D eigenvalue weighted by atomic mass is 35.5. The summed E-state index contributed by atoms with van der Waals surface area (Å²) in [7, 11) is 0. The number of hydrogen-bond donors (Lipinski definition) is 2. The molecule has 0 spiro atoms. The number of carbonyl (C=O) groups excluding carboxylic acids is 1. The number of nitrogens with zero attached hydrogens (tertiary/aromatic N) is 4. The molecule has 0 saturated heterocycles. The normalized spacial score (nSPS) is 10.5. The van der Waals surface area contributed by atoms with E-state index in [1.807, 2.05) is 6.07 Å². The van der Waals surface area contributed by atoms with Gasteiger partial charge in [-0.2, -0.15) is 10.4 Å². The number of rotatable bonds is 7. The zero-order valence-corrected chi connectivity index (χ0v) is 16.8. The van der Waals surface area contributed by atoms with Crippen LogP contribution in [0.3, 0.4) is 0 Å². The summed E-state index contributed by atoms with van der Waals surface area (Å²) in [5, 5.41) is 27.6. The molecule has 0 aliphatic carbocycles. The summed E-state index contributed by atoms with van der Waals surface area (Å²) >= 11 is 5.76. The number of halogens is 2. The van der Waals surface area contributed by atoms with Gasteiger partial charge in [0.05, 0.1) is 16.3 Å². The molecule has 0 atom stereocenters. The van der Waals surface area contributed by atoms with Gasteiger partial charge < -0.3 is 11.1 Å². The van der Waals surface area contributed by atoms with Crippen molar-refractivity contribution in [2.24, 2.45) is 0 Å². The number of aryl methyl sites for hydroxylation is 1. The van der Waals surface area contributed by atoms with E-state index in [9.17, 15) is 24.6 Å². The molecule has 31 heavy (non-hydrogen) atoms. The molecule has 1 heterocycles. The predicted molar refractivity (Wildman–Crippen MR) is 111 cm³/mol. The van der Waals surface area contributed by atoms with Crippen LogP contribution in [-0.4, -0.2) is 27.2 Å². The van der Waals surface area contributed by atoms with Gasteiger partial charge in [-0.3, -0.25) is 14.9 Å². The highest BCUT2D eigenvalue weighted by Crippen LogP contribution is 2.24. The van der Waals surface area contributed by atoms with E-state index in [-0.39, 0.29) is 34.2 Å². The third kappa shape index (κ3) is 4.79. The number of nitro groups is 1. The molecule has 1 aromatic heterocycles. The minimum absolute atomic E-state index is 0.100. The third-order valence-electron chi connectivity index (χ3n) is 4.45. The van der Waals surface area contributed by atoms with Crippen molar-refractivity contribution in [3.8, 4) is 11.8 Å². The summed E-state index contributed by atoms with van der Waals surface area (Å²) in [6.45, 7) is 0.187. The molecule has 0 bridgehead atoms. The number of benzene rings is 2. The van der Waals surface area contributed by atoms with E-state index in [0.717, 1.165) is 6.07 Å². The van der Waals surface area contributed by atoms with Crippen molar-refractivity contribution < 1.29 is 14.1 Å². The second-order valence-electron chi connectivity index (χ2n) is 6.48. The van der Waals surface area contributed by atoms with Crippen LogP contribution in [0.15, 0.2) is 42.5 Å². The molecule has 0 saturated carbocycles. The Kier molecular flexibility index (Phi) is 6.47. The Hall–Kier alpha value is -3.97. The zero-order chi connectivity index (χ0) is 22.5. The summed E-state index contributed by atoms with van der Waals surface area (Å²) in [5.74, 6) is -0.892. The van der Waals surface area contributed by atoms with Crippen molar-refractivity contribution in [2.45, 2.75) is 12.8 Å². The topological polar surface area (TPSA) is 140 Å². The SMILES string of the molecule is N#Cc1c(CCCNC(=O)c2ccc(Cl)cc2[N+](=O)[O-])nn(-c2ccc(F)cc2)c1N. The number of aromatic nitrogens is 2. The first-order valence-electron chi connectivity index (χ1n) is 9.07. The van der Waals surface area contributed by atoms with Crippen LogP contribution >= 0.6 is 11.6 Å². The molecule has 3 rings (SSSR count). The van der Waals surface area contributed by atoms with Crippen LogP contribution in [0.4, 0.5) is 15.9 Å². The molecule has 0 unspecified atom stereocenters. The molecule has 1 amide bonds. The number of nitrogens with one attached hydrogen (secondary N) is 1. The van der Waals surface area contributed by atoms with Gasteiger partial charge >= 0.3 is 0 Å². The number of nitrogen functional groups attached to an aromatic ring is 1. The second-order valence-corrected chi connectivity index (χ2v) is 6.92. The quantitative estimate of drug-likeness (QED) is 0.326. The number of amides is 1. The second kappa shape index (κ2) is 9.23. The Morgan fingerprint density at radius 3 is 2.68 bits per heavy atom. The molecule has 3 aromatic rings. The fourth-order valence-corrected chi connectivity index (χ4v) is 3.12. The Bertz CT molecular complexity index is 1190. The summed E-state index contributed by atoms with van der Waals surface area (Å²) < 4.78 is 14.5. The molecule has 3 N–H and O–H groups in total. The van der Waals surface area contributed by atoms with E-state index in [0.29, 0.717) is 24.2 Å². The summed E-state index contributed by atoms with van der Waals surface area (Å²) in [6, 6.07) is 11.3. The lowest BCUT2D eigenvalue weighted by atomic mass is 10.1. The minimum Gasteiger partial charge on any atom is -0.382 e. The van der Waals surface area contributed by atoms with Gasteiger partial charge in [0.15, 0.2) is 0 Å². The van der Waals surface area contributed by atoms with Crippen molar-refractivity contribution in [3.63, 3.8) is 0 Å². The summed E-state index contributed by atoms with van der Waals surface area (Å²) in [4.78, 5) is 22.8. The van der Waals surface area contributed by atoms with E-state index in [4.69, 9.17) is 17.3 Å². The predicted octanol–water partition coefficient (Wildman–Crippen LogP) is 3.39. The van der Waals surface area contributed by atoms with Crippen LogP contribution in [0.2, 0.25) is 5.02 Å². The number of hydrogen-bond acceptors (Lipinski definition) is 6. The van der Waals surface area contributed by atoms with E-state index in [2.05, 4.69) is 10.4 Å². The molecule has 11 heteroatoms. The average molecular weight is 443 g/mol. The van der Waals surface area contributed by atoms with Crippen LogP contribution < -0.4 is 11.1 Å². The van der Waals surface area contributed by atoms with Crippen molar-refractivity contribution in [2.75, 3.05) is 12.3 Å². The number of anilines is 1. The van der Waals surface area contributed by atoms with Crippen LogP contribution in [0.25, 0.3) is 5.69 Å². The number of nitro benzene ring substituents is 1. The monoisotopic (exact) mass is 442 g/mol. The molecule has 0 fully saturated rings. The van der Waals surface area contributed by atoms with Gasteiger partial charge in [0.1, 0.15) is 28.8 Å². The molecule has 2 aromatic carbocycles. The number of nitrogens with two attached hydrogens (primary N) is 1. The minimum atomic E-state index is -0.676. The lowest BCUT2D eigenvalue weighted by Crippen LogP contribution is -2.25. The Labute approximate surface area is 181 Å². The average Bonchev–Trinajstić information content (AvgIpc) is 3.06. The fourth-order valence-electron chi connectivity index (χ4n) is 2.96. The van der Waals surface area contributed by atoms with Crippen LogP contribution in [0, 0.1) is 27.3 Å². The maximum Gasteiger partial charge on any atom is 0.283 e. The molecular formula is C20H16ClFN6O3. The van der Waals surface area contributed by atoms with Gasteiger partial charge in [0.2, 0.25) is 0 Å².